The Hall–Kier alpha value is -1.92. The van der Waals surface area contributed by atoms with Crippen LogP contribution in [-0.2, 0) is 11.2 Å². The number of halogens is 2. The molecule has 1 aromatic carbocycles. The minimum Gasteiger partial charge on any atom is -0.444 e. The van der Waals surface area contributed by atoms with E-state index in [0.717, 1.165) is 24.2 Å². The van der Waals surface area contributed by atoms with Gasteiger partial charge in [0.2, 0.25) is 11.8 Å². The number of oxazole rings is 1. The molecule has 0 fully saturated rings. The van der Waals surface area contributed by atoms with Crippen LogP contribution in [0.25, 0.3) is 11.5 Å². The van der Waals surface area contributed by atoms with Gasteiger partial charge in [0.15, 0.2) is 0 Å². The van der Waals surface area contributed by atoms with Crippen LogP contribution < -0.4 is 10.6 Å². The van der Waals surface area contributed by atoms with Gasteiger partial charge < -0.3 is 15.1 Å². The molecule has 0 radical (unpaired) electrons. The molecule has 0 spiro atoms. The highest BCUT2D eigenvalue weighted by atomic mass is 35.5. The first kappa shape index (κ1) is 19.1. The van der Waals surface area contributed by atoms with Gasteiger partial charge in [0.05, 0.1) is 5.69 Å². The summed E-state index contributed by atoms with van der Waals surface area (Å²) in [4.78, 5) is 15.9. The van der Waals surface area contributed by atoms with Crippen LogP contribution >= 0.6 is 12.4 Å². The fourth-order valence-electron chi connectivity index (χ4n) is 1.99. The number of benzene rings is 1. The fraction of sp³-hybridized carbons (Fsp3) is 0.375. The zero-order chi connectivity index (χ0) is 15.8. The van der Waals surface area contributed by atoms with Crippen molar-refractivity contribution in [1.29, 1.82) is 0 Å². The van der Waals surface area contributed by atoms with Gasteiger partial charge in [-0.15, -0.1) is 12.4 Å². The molecule has 1 aromatic heterocycles. The molecule has 5 nitrogen and oxygen atoms in total. The molecule has 0 saturated heterocycles. The number of hydrogen-bond acceptors (Lipinski definition) is 4. The second-order valence-corrected chi connectivity index (χ2v) is 4.96. The summed E-state index contributed by atoms with van der Waals surface area (Å²) in [5.74, 6) is 0.198. The van der Waals surface area contributed by atoms with E-state index in [9.17, 15) is 9.18 Å². The zero-order valence-corrected chi connectivity index (χ0v) is 13.8. The van der Waals surface area contributed by atoms with Crippen LogP contribution in [0.15, 0.2) is 34.9 Å². The van der Waals surface area contributed by atoms with Crippen LogP contribution in [0.3, 0.4) is 0 Å². The molecular weight excluding hydrogens is 321 g/mol. The lowest BCUT2D eigenvalue weighted by Gasteiger charge is -2.03. The van der Waals surface area contributed by atoms with Gasteiger partial charge in [0.1, 0.15) is 12.1 Å². The molecule has 2 N–H and O–H groups in total. The summed E-state index contributed by atoms with van der Waals surface area (Å²) in [6.07, 6.45) is 3.50. The van der Waals surface area contributed by atoms with Crippen molar-refractivity contribution >= 4 is 18.3 Å². The van der Waals surface area contributed by atoms with Crippen molar-refractivity contribution in [3.8, 4) is 11.5 Å². The minimum atomic E-state index is -0.295. The Kier molecular flexibility index (Phi) is 8.29. The molecule has 0 atom stereocenters. The van der Waals surface area contributed by atoms with E-state index in [1.165, 1.54) is 12.1 Å². The molecule has 0 bridgehead atoms. The second-order valence-electron chi connectivity index (χ2n) is 4.96. The van der Waals surface area contributed by atoms with Gasteiger partial charge in [-0.2, -0.15) is 0 Å². The first-order valence-corrected chi connectivity index (χ1v) is 7.30. The van der Waals surface area contributed by atoms with Gasteiger partial charge in [0, 0.05) is 24.9 Å². The number of nitrogens with zero attached hydrogens (tertiary/aromatic N) is 1. The molecule has 2 aromatic rings. The maximum Gasteiger partial charge on any atom is 0.226 e. The van der Waals surface area contributed by atoms with Crippen molar-refractivity contribution in [1.82, 2.24) is 15.6 Å². The molecule has 23 heavy (non-hydrogen) atoms. The lowest BCUT2D eigenvalue weighted by molar-refractivity contribution is -0.121. The van der Waals surface area contributed by atoms with E-state index in [-0.39, 0.29) is 24.1 Å². The molecule has 0 aliphatic rings. The summed E-state index contributed by atoms with van der Waals surface area (Å²) in [5.41, 5.74) is 1.48. The quantitative estimate of drug-likeness (QED) is 0.724. The van der Waals surface area contributed by atoms with Gasteiger partial charge in [-0.05, 0) is 44.3 Å². The van der Waals surface area contributed by atoms with Gasteiger partial charge in [-0.25, -0.2) is 9.37 Å². The maximum atomic E-state index is 12.9. The van der Waals surface area contributed by atoms with Crippen LogP contribution in [0.4, 0.5) is 4.39 Å². The van der Waals surface area contributed by atoms with E-state index in [2.05, 4.69) is 15.6 Å². The van der Waals surface area contributed by atoms with Crippen molar-refractivity contribution in [2.45, 2.75) is 19.3 Å². The van der Waals surface area contributed by atoms with Crippen LogP contribution in [0.2, 0.25) is 0 Å². The van der Waals surface area contributed by atoms with Gasteiger partial charge >= 0.3 is 0 Å². The molecule has 0 aliphatic heterocycles. The lowest BCUT2D eigenvalue weighted by Crippen LogP contribution is -2.26. The predicted molar refractivity (Wildman–Crippen MR) is 89.0 cm³/mol. The molecule has 1 heterocycles. The van der Waals surface area contributed by atoms with E-state index in [0.29, 0.717) is 25.3 Å². The first-order valence-electron chi connectivity index (χ1n) is 7.30. The van der Waals surface area contributed by atoms with Gasteiger partial charge in [-0.3, -0.25) is 4.79 Å². The number of hydrogen-bond donors (Lipinski definition) is 2. The maximum absolute atomic E-state index is 12.9. The van der Waals surface area contributed by atoms with Crippen LogP contribution in [-0.4, -0.2) is 31.0 Å². The summed E-state index contributed by atoms with van der Waals surface area (Å²) in [6.45, 7) is 1.35. The van der Waals surface area contributed by atoms with Crippen molar-refractivity contribution in [2.75, 3.05) is 20.1 Å². The first-order chi connectivity index (χ1) is 10.7. The highest BCUT2D eigenvalue weighted by molar-refractivity contribution is 5.85. The summed E-state index contributed by atoms with van der Waals surface area (Å²) in [7, 11) is 1.86. The number of rotatable bonds is 8. The lowest BCUT2D eigenvalue weighted by atomic mass is 10.2. The summed E-state index contributed by atoms with van der Waals surface area (Å²) in [6, 6.07) is 5.97. The average Bonchev–Trinajstić information content (AvgIpc) is 2.97. The van der Waals surface area contributed by atoms with Crippen molar-refractivity contribution in [2.24, 2.45) is 0 Å². The molecule has 0 aliphatic carbocycles. The Bertz CT molecular complexity index is 602. The third-order valence-corrected chi connectivity index (χ3v) is 3.18. The molecule has 126 valence electrons. The van der Waals surface area contributed by atoms with E-state index in [1.54, 1.807) is 18.4 Å². The standard InChI is InChI=1S/C16H20FN3O2.ClH/c1-18-9-2-3-15(21)19-10-8-14-11-22-16(20-14)12-4-6-13(17)7-5-12;/h4-7,11,18H,2-3,8-10H2,1H3,(H,19,21);1H. The zero-order valence-electron chi connectivity index (χ0n) is 13.0. The molecule has 0 saturated carbocycles. The highest BCUT2D eigenvalue weighted by Crippen LogP contribution is 2.18. The molecule has 2 rings (SSSR count). The molecule has 1 amide bonds. The molecular formula is C16H21ClFN3O2. The third kappa shape index (κ3) is 6.38. The summed E-state index contributed by atoms with van der Waals surface area (Å²) < 4.78 is 18.2. The molecule has 0 unspecified atom stereocenters. The Labute approximate surface area is 141 Å². The SMILES string of the molecule is CNCCCC(=O)NCCc1coc(-c2ccc(F)cc2)n1.Cl. The Morgan fingerprint density at radius 3 is 2.70 bits per heavy atom. The topological polar surface area (TPSA) is 67.2 Å². The largest absolute Gasteiger partial charge is 0.444 e. The average molecular weight is 342 g/mol. The number of aromatic nitrogens is 1. The third-order valence-electron chi connectivity index (χ3n) is 3.18. The van der Waals surface area contributed by atoms with Crippen LogP contribution in [0.1, 0.15) is 18.5 Å². The Morgan fingerprint density at radius 1 is 1.26 bits per heavy atom. The Morgan fingerprint density at radius 2 is 2.00 bits per heavy atom. The normalized spacial score (nSPS) is 10.2. The van der Waals surface area contributed by atoms with Crippen LogP contribution in [0, 0.1) is 5.82 Å². The number of amides is 1. The van der Waals surface area contributed by atoms with Gasteiger partial charge in [0.25, 0.3) is 0 Å². The van der Waals surface area contributed by atoms with E-state index < -0.39 is 0 Å². The van der Waals surface area contributed by atoms with Crippen LogP contribution in [0.5, 0.6) is 0 Å². The highest BCUT2D eigenvalue weighted by Gasteiger charge is 2.07. The van der Waals surface area contributed by atoms with Crippen molar-refractivity contribution < 1.29 is 13.6 Å². The smallest absolute Gasteiger partial charge is 0.226 e. The second kappa shape index (κ2) is 9.97. The number of carbonyl (C=O) groups is 1. The predicted octanol–water partition coefficient (Wildman–Crippen LogP) is 2.56. The van der Waals surface area contributed by atoms with E-state index >= 15 is 0 Å². The van der Waals surface area contributed by atoms with E-state index in [1.807, 2.05) is 7.05 Å². The number of carbonyl (C=O) groups excluding carboxylic acids is 1. The molecule has 7 heteroatoms. The summed E-state index contributed by atoms with van der Waals surface area (Å²) >= 11 is 0. The monoisotopic (exact) mass is 341 g/mol. The van der Waals surface area contributed by atoms with Crippen molar-refractivity contribution in [3.05, 3.63) is 42.0 Å². The number of nitrogens with one attached hydrogen (secondary N) is 2. The Balaban J connectivity index is 0.00000264. The minimum absolute atomic E-state index is 0. The van der Waals surface area contributed by atoms with Gasteiger partial charge in [-0.1, -0.05) is 0 Å². The summed E-state index contributed by atoms with van der Waals surface area (Å²) in [5, 5.41) is 5.85. The fourth-order valence-corrected chi connectivity index (χ4v) is 1.99. The van der Waals surface area contributed by atoms with Crippen molar-refractivity contribution in [3.63, 3.8) is 0 Å². The van der Waals surface area contributed by atoms with E-state index in [4.69, 9.17) is 4.42 Å².